The Balaban J connectivity index is 3.02. The van der Waals surface area contributed by atoms with Crippen molar-refractivity contribution in [1.29, 1.82) is 0 Å². The highest BCUT2D eigenvalue weighted by Gasteiger charge is 2.27. The summed E-state index contributed by atoms with van der Waals surface area (Å²) in [4.78, 5) is 23.4. The summed E-state index contributed by atoms with van der Waals surface area (Å²) in [5.74, 6) is 0. The average Bonchev–Trinajstić information content (AvgIpc) is 2.38. The number of nitro groups is 1. The van der Waals surface area contributed by atoms with Gasteiger partial charge in [0.25, 0.3) is 10.9 Å². The second-order valence-electron chi connectivity index (χ2n) is 4.46. The van der Waals surface area contributed by atoms with Gasteiger partial charge in [0.1, 0.15) is 0 Å². The molecule has 1 rings (SSSR count). The molecule has 122 valence electrons. The first kappa shape index (κ1) is 18.2. The number of amides is 1. The summed E-state index contributed by atoms with van der Waals surface area (Å²) < 4.78 is 36.3. The van der Waals surface area contributed by atoms with Gasteiger partial charge in [-0.15, -0.1) is 0 Å². The summed E-state index contributed by atoms with van der Waals surface area (Å²) in [7, 11) is 2.96. The molecule has 0 spiro atoms. The Morgan fingerprint density at radius 2 is 2.05 bits per heavy atom. The molecule has 0 heterocycles. The number of hydrogen-bond donors (Lipinski definition) is 1. The third kappa shape index (κ3) is 5.53. The molecule has 1 aromatic rings. The lowest BCUT2D eigenvalue weighted by Crippen LogP contribution is -2.33. The summed E-state index contributed by atoms with van der Waals surface area (Å²) in [5, 5.41) is 11.9. The number of benzene rings is 1. The Hall–Kier alpha value is -1.81. The zero-order chi connectivity index (χ0) is 16.9. The Labute approximate surface area is 128 Å². The summed E-state index contributed by atoms with van der Waals surface area (Å²) in [6.07, 6.45) is -4.61. The highest BCUT2D eigenvalue weighted by Crippen LogP contribution is 2.34. The molecule has 22 heavy (non-hydrogen) atoms. The van der Waals surface area contributed by atoms with Gasteiger partial charge in [-0.3, -0.25) is 14.9 Å². The molecule has 0 aliphatic heterocycles. The number of carbonyl (C=O) groups is 1. The predicted molar refractivity (Wildman–Crippen MR) is 75.8 cm³/mol. The fourth-order valence-electron chi connectivity index (χ4n) is 1.55. The van der Waals surface area contributed by atoms with E-state index in [0.717, 1.165) is 0 Å². The molecule has 0 unspecified atom stereocenters. The van der Waals surface area contributed by atoms with E-state index in [4.69, 9.17) is 0 Å². The number of thioether (sulfide) groups is 1. The molecule has 0 saturated heterocycles. The maximum absolute atomic E-state index is 12.1. The maximum Gasteiger partial charge on any atom is 0.457 e. The van der Waals surface area contributed by atoms with E-state index in [2.05, 4.69) is 0 Å². The zero-order valence-corrected chi connectivity index (χ0v) is 12.6. The topological polar surface area (TPSA) is 75.5 Å². The van der Waals surface area contributed by atoms with Crippen LogP contribution in [0.4, 0.5) is 23.7 Å². The number of nitrogens with one attached hydrogen (secondary N) is 1. The number of rotatable bonds is 5. The van der Waals surface area contributed by atoms with Crippen LogP contribution in [0.1, 0.15) is 5.56 Å². The molecule has 0 aliphatic rings. The van der Waals surface area contributed by atoms with Gasteiger partial charge < -0.3 is 4.90 Å². The monoisotopic (exact) mass is 337 g/mol. The number of carbonyl (C=O) groups excluding carboxylic acids is 1. The smallest absolute Gasteiger partial charge is 0.339 e. The van der Waals surface area contributed by atoms with Crippen LogP contribution in [-0.4, -0.2) is 42.0 Å². The largest absolute Gasteiger partial charge is 0.457 e. The van der Waals surface area contributed by atoms with Gasteiger partial charge in [0.15, 0.2) is 0 Å². The van der Waals surface area contributed by atoms with E-state index in [1.807, 2.05) is 0 Å². The third-order valence-corrected chi connectivity index (χ3v) is 3.76. The van der Waals surface area contributed by atoms with Gasteiger partial charge in [-0.05, 0) is 23.7 Å². The molecule has 0 radical (unpaired) electrons. The van der Waals surface area contributed by atoms with Crippen LogP contribution in [0.15, 0.2) is 23.1 Å². The number of nitro benzene ring substituents is 1. The highest BCUT2D eigenvalue weighted by molar-refractivity contribution is 8.13. The molecule has 10 heteroatoms. The van der Waals surface area contributed by atoms with Gasteiger partial charge in [-0.25, -0.2) is 5.32 Å². The van der Waals surface area contributed by atoms with E-state index in [1.165, 1.54) is 42.5 Å². The van der Waals surface area contributed by atoms with Crippen LogP contribution in [0.3, 0.4) is 0 Å². The van der Waals surface area contributed by atoms with Crippen molar-refractivity contribution in [2.24, 2.45) is 0 Å². The molecule has 0 atom stereocenters. The second-order valence-corrected chi connectivity index (χ2v) is 5.42. The van der Waals surface area contributed by atoms with E-state index in [0.29, 0.717) is 17.3 Å². The van der Waals surface area contributed by atoms with E-state index in [1.54, 1.807) is 0 Å². The van der Waals surface area contributed by atoms with Crippen LogP contribution in [0, 0.1) is 10.1 Å². The van der Waals surface area contributed by atoms with E-state index < -0.39 is 23.0 Å². The van der Waals surface area contributed by atoms with Gasteiger partial charge in [-0.1, -0.05) is 12.1 Å². The van der Waals surface area contributed by atoms with Crippen LogP contribution < -0.4 is 5.32 Å². The Morgan fingerprint density at radius 3 is 2.55 bits per heavy atom. The standard InChI is InChI=1S/C12H14F3N3O3S/c1-17(2)11(19)22-10-8(6-7-16-12(13,14)15)4-3-5-9(10)18(20)21/h3-5,16H,6-7H2,1-2H3. The molecule has 0 aromatic heterocycles. The first-order valence-electron chi connectivity index (χ1n) is 6.09. The van der Waals surface area contributed by atoms with Gasteiger partial charge in [-0.2, -0.15) is 13.2 Å². The number of halogens is 3. The number of nitrogens with zero attached hydrogens (tertiary/aromatic N) is 2. The van der Waals surface area contributed by atoms with Crippen molar-refractivity contribution in [2.75, 3.05) is 20.6 Å². The Morgan fingerprint density at radius 1 is 1.41 bits per heavy atom. The molecule has 1 N–H and O–H groups in total. The van der Waals surface area contributed by atoms with E-state index in [-0.39, 0.29) is 17.0 Å². The summed E-state index contributed by atoms with van der Waals surface area (Å²) in [6, 6.07) is 4.06. The molecule has 1 aromatic carbocycles. The minimum atomic E-state index is -4.52. The van der Waals surface area contributed by atoms with E-state index >= 15 is 0 Å². The molecule has 0 aliphatic carbocycles. The number of hydrogen-bond acceptors (Lipinski definition) is 5. The first-order chi connectivity index (χ1) is 10.1. The lowest BCUT2D eigenvalue weighted by molar-refractivity contribution is -0.387. The van der Waals surface area contributed by atoms with Crippen LogP contribution in [0.5, 0.6) is 0 Å². The van der Waals surface area contributed by atoms with Crippen LogP contribution in [0.25, 0.3) is 0 Å². The summed E-state index contributed by atoms with van der Waals surface area (Å²) in [5.41, 5.74) is 0.0101. The van der Waals surface area contributed by atoms with Gasteiger partial charge in [0.05, 0.1) is 9.82 Å². The maximum atomic E-state index is 12.1. The summed E-state index contributed by atoms with van der Waals surface area (Å²) >= 11 is 0.628. The van der Waals surface area contributed by atoms with Crippen molar-refractivity contribution >= 4 is 22.7 Å². The van der Waals surface area contributed by atoms with E-state index in [9.17, 15) is 28.1 Å². The van der Waals surface area contributed by atoms with Crippen molar-refractivity contribution in [2.45, 2.75) is 17.6 Å². The minimum Gasteiger partial charge on any atom is -0.339 e. The summed E-state index contributed by atoms with van der Waals surface area (Å²) in [6.45, 7) is -0.436. The Bertz CT molecular complexity index is 564. The minimum absolute atomic E-state index is 0.0650. The van der Waals surface area contributed by atoms with Crippen molar-refractivity contribution in [3.63, 3.8) is 0 Å². The fourth-order valence-corrected chi connectivity index (χ4v) is 2.45. The van der Waals surface area contributed by atoms with Crippen molar-refractivity contribution in [3.8, 4) is 0 Å². The van der Waals surface area contributed by atoms with Crippen molar-refractivity contribution in [3.05, 3.63) is 33.9 Å². The fraction of sp³-hybridized carbons (Fsp3) is 0.417. The van der Waals surface area contributed by atoms with Crippen LogP contribution in [0.2, 0.25) is 0 Å². The molecular formula is C12H14F3N3O3S. The first-order valence-corrected chi connectivity index (χ1v) is 6.90. The van der Waals surface area contributed by atoms with Gasteiger partial charge >= 0.3 is 6.30 Å². The lowest BCUT2D eigenvalue weighted by Gasteiger charge is -2.13. The second kappa shape index (κ2) is 7.45. The SMILES string of the molecule is CN(C)C(=O)Sc1c(CCNC(F)(F)F)cccc1[N+](=O)[O-]. The van der Waals surface area contributed by atoms with Crippen LogP contribution in [-0.2, 0) is 6.42 Å². The van der Waals surface area contributed by atoms with Crippen molar-refractivity contribution < 1.29 is 22.9 Å². The lowest BCUT2D eigenvalue weighted by atomic mass is 10.1. The normalized spacial score (nSPS) is 11.3. The molecule has 6 nitrogen and oxygen atoms in total. The zero-order valence-electron chi connectivity index (χ0n) is 11.8. The van der Waals surface area contributed by atoms with Crippen LogP contribution >= 0.6 is 11.8 Å². The molecule has 1 amide bonds. The van der Waals surface area contributed by atoms with Gasteiger partial charge in [0.2, 0.25) is 0 Å². The Kier molecular flexibility index (Phi) is 6.18. The van der Waals surface area contributed by atoms with Gasteiger partial charge in [0, 0.05) is 26.7 Å². The quantitative estimate of drug-likeness (QED) is 0.387. The molecule has 0 fully saturated rings. The van der Waals surface area contributed by atoms with Crippen molar-refractivity contribution in [1.82, 2.24) is 10.2 Å². The molecule has 0 saturated carbocycles. The number of alkyl halides is 3. The average molecular weight is 337 g/mol. The third-order valence-electron chi connectivity index (χ3n) is 2.55. The predicted octanol–water partition coefficient (Wildman–Crippen LogP) is 3.02. The highest BCUT2D eigenvalue weighted by atomic mass is 32.2. The molecular weight excluding hydrogens is 323 g/mol. The molecule has 0 bridgehead atoms.